The van der Waals surface area contributed by atoms with Crippen molar-refractivity contribution in [2.75, 3.05) is 23.9 Å². The quantitative estimate of drug-likeness (QED) is 0.504. The number of nitrogens with two attached hydrogens (primary N) is 1. The molecule has 0 aliphatic heterocycles. The molecule has 0 spiro atoms. The summed E-state index contributed by atoms with van der Waals surface area (Å²) in [6, 6.07) is 6.00. The van der Waals surface area contributed by atoms with Gasteiger partial charge in [-0.05, 0) is 59.0 Å². The lowest BCUT2D eigenvalue weighted by atomic mass is 10.2. The van der Waals surface area contributed by atoms with E-state index in [1.807, 2.05) is 30.0 Å². The Bertz CT molecular complexity index is 410. The van der Waals surface area contributed by atoms with E-state index in [0.717, 1.165) is 22.3 Å². The number of hydrogen-bond acceptors (Lipinski definition) is 3. The van der Waals surface area contributed by atoms with E-state index in [1.165, 1.54) is 31.4 Å². The first kappa shape index (κ1) is 16.8. The maximum atomic E-state index is 5.62. The summed E-state index contributed by atoms with van der Waals surface area (Å²) in [5.74, 6) is 1.28. The van der Waals surface area contributed by atoms with Crippen LogP contribution < -0.4 is 11.1 Å². The lowest BCUT2D eigenvalue weighted by molar-refractivity contribution is 0.689. The first-order chi connectivity index (χ1) is 9.15. The van der Waals surface area contributed by atoms with Crippen LogP contribution in [0, 0.1) is 0 Å². The van der Waals surface area contributed by atoms with Crippen LogP contribution in [0.2, 0.25) is 0 Å². The van der Waals surface area contributed by atoms with Gasteiger partial charge in [-0.15, -0.1) is 0 Å². The van der Waals surface area contributed by atoms with Gasteiger partial charge in [0.05, 0.1) is 0 Å². The third-order valence-electron chi connectivity index (χ3n) is 2.84. The minimum atomic E-state index is 0.423. The summed E-state index contributed by atoms with van der Waals surface area (Å²) in [4.78, 5) is 0.423. The van der Waals surface area contributed by atoms with Crippen molar-refractivity contribution in [2.24, 2.45) is 5.73 Å². The molecule has 1 aromatic rings. The second-order valence-corrected chi connectivity index (χ2v) is 6.67. The van der Waals surface area contributed by atoms with Gasteiger partial charge in [0.15, 0.2) is 0 Å². The molecule has 106 valence electrons. The minimum absolute atomic E-state index is 0.423. The van der Waals surface area contributed by atoms with Crippen LogP contribution in [-0.4, -0.2) is 23.5 Å². The van der Waals surface area contributed by atoms with Crippen molar-refractivity contribution < 1.29 is 0 Å². The molecule has 0 heterocycles. The predicted molar refractivity (Wildman–Crippen MR) is 95.4 cm³/mol. The fourth-order valence-electron chi connectivity index (χ4n) is 1.78. The zero-order valence-corrected chi connectivity index (χ0v) is 14.5. The number of unbranched alkanes of at least 4 members (excludes halogenated alkanes) is 3. The highest BCUT2D eigenvalue weighted by Gasteiger charge is 2.03. The van der Waals surface area contributed by atoms with Crippen LogP contribution in [0.5, 0.6) is 0 Å². The number of anilines is 1. The molecule has 0 aliphatic rings. The van der Waals surface area contributed by atoms with E-state index in [2.05, 4.69) is 27.5 Å². The molecule has 5 heteroatoms. The second-order valence-electron chi connectivity index (χ2n) is 4.39. The summed E-state index contributed by atoms with van der Waals surface area (Å²) in [6.45, 7) is 1.01. The topological polar surface area (TPSA) is 38.0 Å². The standard InChI is InChI=1S/C14H21BrN2S2/c1-19-9-5-3-2-4-8-17-11-6-7-12(14(16)18)13(15)10-11/h6-7,10,17H,2-5,8-9H2,1H3,(H2,16,18). The normalized spacial score (nSPS) is 10.4. The van der Waals surface area contributed by atoms with Crippen molar-refractivity contribution >= 4 is 50.6 Å². The maximum Gasteiger partial charge on any atom is 0.105 e. The van der Waals surface area contributed by atoms with Gasteiger partial charge in [-0.3, -0.25) is 0 Å². The lowest BCUT2D eigenvalue weighted by Gasteiger charge is -2.09. The number of halogens is 1. The van der Waals surface area contributed by atoms with E-state index in [-0.39, 0.29) is 0 Å². The van der Waals surface area contributed by atoms with Crippen LogP contribution in [0.15, 0.2) is 22.7 Å². The highest BCUT2D eigenvalue weighted by molar-refractivity contribution is 9.10. The molecule has 0 amide bonds. The van der Waals surface area contributed by atoms with Crippen molar-refractivity contribution in [3.63, 3.8) is 0 Å². The number of thiocarbonyl (C=S) groups is 1. The molecule has 0 saturated carbocycles. The second kappa shape index (κ2) is 9.61. The number of thioether (sulfide) groups is 1. The first-order valence-electron chi connectivity index (χ1n) is 6.47. The van der Waals surface area contributed by atoms with Crippen molar-refractivity contribution in [3.8, 4) is 0 Å². The fraction of sp³-hybridized carbons (Fsp3) is 0.500. The van der Waals surface area contributed by atoms with E-state index >= 15 is 0 Å². The zero-order valence-electron chi connectivity index (χ0n) is 11.2. The first-order valence-corrected chi connectivity index (χ1v) is 9.07. The van der Waals surface area contributed by atoms with Crippen molar-refractivity contribution in [1.29, 1.82) is 0 Å². The Morgan fingerprint density at radius 2 is 2.05 bits per heavy atom. The Hall–Kier alpha value is -0.260. The SMILES string of the molecule is CSCCCCCCNc1ccc(C(N)=S)c(Br)c1. The molecule has 1 aromatic carbocycles. The van der Waals surface area contributed by atoms with Gasteiger partial charge in [0.2, 0.25) is 0 Å². The van der Waals surface area contributed by atoms with E-state index in [1.54, 1.807) is 0 Å². The number of rotatable bonds is 9. The number of benzene rings is 1. The van der Waals surface area contributed by atoms with Gasteiger partial charge >= 0.3 is 0 Å². The average molecular weight is 361 g/mol. The van der Waals surface area contributed by atoms with Crippen molar-refractivity contribution in [3.05, 3.63) is 28.2 Å². The summed E-state index contributed by atoms with van der Waals surface area (Å²) in [5.41, 5.74) is 7.62. The molecule has 19 heavy (non-hydrogen) atoms. The summed E-state index contributed by atoms with van der Waals surface area (Å²) < 4.78 is 0.949. The van der Waals surface area contributed by atoms with Gasteiger partial charge in [0.1, 0.15) is 4.99 Å². The Labute approximate surface area is 134 Å². The summed E-state index contributed by atoms with van der Waals surface area (Å²) in [7, 11) is 0. The average Bonchev–Trinajstić information content (AvgIpc) is 2.37. The smallest absolute Gasteiger partial charge is 0.105 e. The molecular formula is C14H21BrN2S2. The molecular weight excluding hydrogens is 340 g/mol. The van der Waals surface area contributed by atoms with E-state index < -0.39 is 0 Å². The third kappa shape index (κ3) is 6.63. The molecule has 0 atom stereocenters. The Balaban J connectivity index is 2.26. The van der Waals surface area contributed by atoms with Gasteiger partial charge in [-0.25, -0.2) is 0 Å². The monoisotopic (exact) mass is 360 g/mol. The summed E-state index contributed by atoms with van der Waals surface area (Å²) in [5, 5.41) is 3.42. The highest BCUT2D eigenvalue weighted by atomic mass is 79.9. The van der Waals surface area contributed by atoms with Gasteiger partial charge in [-0.2, -0.15) is 11.8 Å². The summed E-state index contributed by atoms with van der Waals surface area (Å²) >= 11 is 10.4. The molecule has 1 rings (SSSR count). The lowest BCUT2D eigenvalue weighted by Crippen LogP contribution is -2.10. The maximum absolute atomic E-state index is 5.62. The van der Waals surface area contributed by atoms with Crippen LogP contribution in [-0.2, 0) is 0 Å². The molecule has 0 aliphatic carbocycles. The van der Waals surface area contributed by atoms with Crippen LogP contribution in [0.4, 0.5) is 5.69 Å². The van der Waals surface area contributed by atoms with E-state index in [4.69, 9.17) is 18.0 Å². The van der Waals surface area contributed by atoms with Crippen LogP contribution in [0.25, 0.3) is 0 Å². The Kier molecular flexibility index (Phi) is 8.50. The Morgan fingerprint density at radius 3 is 2.68 bits per heavy atom. The summed E-state index contributed by atoms with van der Waals surface area (Å²) in [6.07, 6.45) is 7.32. The van der Waals surface area contributed by atoms with Gasteiger partial charge in [-0.1, -0.05) is 25.1 Å². The van der Waals surface area contributed by atoms with Gasteiger partial charge in [0.25, 0.3) is 0 Å². The van der Waals surface area contributed by atoms with Gasteiger partial charge < -0.3 is 11.1 Å². The molecule has 0 bridgehead atoms. The van der Waals surface area contributed by atoms with Crippen LogP contribution in [0.1, 0.15) is 31.2 Å². The molecule has 0 aromatic heterocycles. The minimum Gasteiger partial charge on any atom is -0.389 e. The molecule has 3 N–H and O–H groups in total. The Morgan fingerprint density at radius 1 is 1.32 bits per heavy atom. The largest absolute Gasteiger partial charge is 0.389 e. The molecule has 2 nitrogen and oxygen atoms in total. The highest BCUT2D eigenvalue weighted by Crippen LogP contribution is 2.21. The van der Waals surface area contributed by atoms with E-state index in [9.17, 15) is 0 Å². The molecule has 0 unspecified atom stereocenters. The molecule has 0 saturated heterocycles. The third-order valence-corrected chi connectivity index (χ3v) is 4.41. The van der Waals surface area contributed by atoms with Crippen LogP contribution in [0.3, 0.4) is 0 Å². The van der Waals surface area contributed by atoms with E-state index in [0.29, 0.717) is 4.99 Å². The van der Waals surface area contributed by atoms with Gasteiger partial charge in [0, 0.05) is 22.3 Å². The van der Waals surface area contributed by atoms with Crippen molar-refractivity contribution in [1.82, 2.24) is 0 Å². The molecule has 0 fully saturated rings. The van der Waals surface area contributed by atoms with Crippen LogP contribution >= 0.6 is 39.9 Å². The zero-order chi connectivity index (χ0) is 14.1. The number of nitrogens with one attached hydrogen (secondary N) is 1. The predicted octanol–water partition coefficient (Wildman–Crippen LogP) is 4.42. The molecule has 0 radical (unpaired) electrons. The fourth-order valence-corrected chi connectivity index (χ4v) is 3.18. The van der Waals surface area contributed by atoms with Crippen molar-refractivity contribution in [2.45, 2.75) is 25.7 Å². The number of hydrogen-bond donors (Lipinski definition) is 2.